The largest absolute Gasteiger partial charge is 0.497 e. The van der Waals surface area contributed by atoms with Crippen LogP contribution in [0.3, 0.4) is 0 Å². The average Bonchev–Trinajstić information content (AvgIpc) is 2.64. The topological polar surface area (TPSA) is 73.9 Å². The first kappa shape index (κ1) is 18.3. The smallest absolute Gasteiger partial charge is 0.325 e. The molecule has 6 heteroatoms. The number of methoxy groups -OCH3 is 1. The van der Waals surface area contributed by atoms with Crippen LogP contribution in [0.15, 0.2) is 48.5 Å². The lowest BCUT2D eigenvalue weighted by Gasteiger charge is -2.10. The third-order valence-corrected chi connectivity index (χ3v) is 3.42. The maximum Gasteiger partial charge on any atom is 0.325 e. The van der Waals surface area contributed by atoms with Gasteiger partial charge in [0.1, 0.15) is 31.3 Å². The molecule has 0 heterocycles. The SMILES string of the molecule is COc1cccc(C(=O)NCC(=O)OCCOc2ccccc2C)c1. The molecular weight excluding hydrogens is 322 g/mol. The molecule has 132 valence electrons. The van der Waals surface area contributed by atoms with E-state index in [0.29, 0.717) is 11.3 Å². The summed E-state index contributed by atoms with van der Waals surface area (Å²) in [6.45, 7) is 2.10. The van der Waals surface area contributed by atoms with Crippen LogP contribution in [0, 0.1) is 6.92 Å². The number of nitrogens with one attached hydrogen (secondary N) is 1. The zero-order valence-electron chi connectivity index (χ0n) is 14.3. The van der Waals surface area contributed by atoms with Gasteiger partial charge in [-0.1, -0.05) is 24.3 Å². The summed E-state index contributed by atoms with van der Waals surface area (Å²) < 4.78 is 15.6. The van der Waals surface area contributed by atoms with E-state index in [1.165, 1.54) is 7.11 Å². The first-order valence-corrected chi connectivity index (χ1v) is 7.86. The number of ether oxygens (including phenoxy) is 3. The summed E-state index contributed by atoms with van der Waals surface area (Å²) in [7, 11) is 1.52. The summed E-state index contributed by atoms with van der Waals surface area (Å²) in [5.74, 6) is 0.435. The van der Waals surface area contributed by atoms with Gasteiger partial charge in [0.05, 0.1) is 7.11 Å². The minimum Gasteiger partial charge on any atom is -0.497 e. The fourth-order valence-electron chi connectivity index (χ4n) is 2.10. The highest BCUT2D eigenvalue weighted by molar-refractivity contribution is 5.96. The Morgan fingerprint density at radius 2 is 1.84 bits per heavy atom. The standard InChI is InChI=1S/C19H21NO5/c1-14-6-3-4-9-17(14)24-10-11-25-18(21)13-20-19(22)15-7-5-8-16(12-15)23-2/h3-9,12H,10-11,13H2,1-2H3,(H,20,22). The molecule has 0 unspecified atom stereocenters. The Hall–Kier alpha value is -3.02. The zero-order chi connectivity index (χ0) is 18.1. The fraction of sp³-hybridized carbons (Fsp3) is 0.263. The molecule has 2 rings (SSSR count). The second-order valence-electron chi connectivity index (χ2n) is 5.25. The van der Waals surface area contributed by atoms with Gasteiger partial charge >= 0.3 is 5.97 Å². The Morgan fingerprint density at radius 3 is 2.60 bits per heavy atom. The van der Waals surface area contributed by atoms with Crippen molar-refractivity contribution in [3.8, 4) is 11.5 Å². The van der Waals surface area contributed by atoms with E-state index >= 15 is 0 Å². The number of hydrogen-bond donors (Lipinski definition) is 1. The molecule has 2 aromatic carbocycles. The van der Waals surface area contributed by atoms with Gasteiger partial charge in [-0.25, -0.2) is 0 Å². The van der Waals surface area contributed by atoms with Gasteiger partial charge in [0.15, 0.2) is 0 Å². The number of amides is 1. The van der Waals surface area contributed by atoms with Crippen molar-refractivity contribution in [2.24, 2.45) is 0 Å². The molecule has 0 radical (unpaired) electrons. The van der Waals surface area contributed by atoms with Gasteiger partial charge < -0.3 is 19.5 Å². The first-order chi connectivity index (χ1) is 12.1. The van der Waals surface area contributed by atoms with E-state index in [2.05, 4.69) is 5.32 Å². The van der Waals surface area contributed by atoms with Crippen LogP contribution in [0.2, 0.25) is 0 Å². The minimum absolute atomic E-state index is 0.113. The van der Waals surface area contributed by atoms with E-state index in [0.717, 1.165) is 11.3 Å². The van der Waals surface area contributed by atoms with Crippen molar-refractivity contribution < 1.29 is 23.8 Å². The number of hydrogen-bond acceptors (Lipinski definition) is 5. The van der Waals surface area contributed by atoms with E-state index in [9.17, 15) is 9.59 Å². The van der Waals surface area contributed by atoms with Crippen LogP contribution in [-0.4, -0.2) is 38.7 Å². The van der Waals surface area contributed by atoms with Gasteiger partial charge in [-0.05, 0) is 36.8 Å². The number of carbonyl (C=O) groups excluding carboxylic acids is 2. The van der Waals surface area contributed by atoms with E-state index in [4.69, 9.17) is 14.2 Å². The maximum atomic E-state index is 12.0. The fourth-order valence-corrected chi connectivity index (χ4v) is 2.10. The lowest BCUT2D eigenvalue weighted by molar-refractivity contribution is -0.143. The average molecular weight is 343 g/mol. The van der Waals surface area contributed by atoms with Crippen molar-refractivity contribution in [3.05, 3.63) is 59.7 Å². The van der Waals surface area contributed by atoms with Crippen LogP contribution in [0.4, 0.5) is 0 Å². The molecule has 0 saturated carbocycles. The van der Waals surface area contributed by atoms with Gasteiger partial charge in [-0.3, -0.25) is 9.59 Å². The quantitative estimate of drug-likeness (QED) is 0.588. The molecule has 1 N–H and O–H groups in total. The Labute approximate surface area is 146 Å². The molecule has 0 aliphatic heterocycles. The predicted octanol–water partition coefficient (Wildman–Crippen LogP) is 2.36. The Bertz CT molecular complexity index is 729. The summed E-state index contributed by atoms with van der Waals surface area (Å²) in [4.78, 5) is 23.6. The monoisotopic (exact) mass is 343 g/mol. The lowest BCUT2D eigenvalue weighted by Crippen LogP contribution is -2.31. The van der Waals surface area contributed by atoms with Crippen LogP contribution < -0.4 is 14.8 Å². The summed E-state index contributed by atoms with van der Waals surface area (Å²) in [6.07, 6.45) is 0. The van der Waals surface area contributed by atoms with Crippen molar-refractivity contribution in [2.75, 3.05) is 26.9 Å². The molecule has 0 aliphatic rings. The number of esters is 1. The highest BCUT2D eigenvalue weighted by Gasteiger charge is 2.09. The van der Waals surface area contributed by atoms with Crippen molar-refractivity contribution in [3.63, 3.8) is 0 Å². The molecule has 0 spiro atoms. The normalized spacial score (nSPS) is 10.0. The van der Waals surface area contributed by atoms with Gasteiger partial charge in [0, 0.05) is 5.56 Å². The number of rotatable bonds is 8. The van der Waals surface area contributed by atoms with Crippen molar-refractivity contribution in [1.29, 1.82) is 0 Å². The van der Waals surface area contributed by atoms with E-state index in [1.807, 2.05) is 31.2 Å². The highest BCUT2D eigenvalue weighted by Crippen LogP contribution is 2.15. The van der Waals surface area contributed by atoms with Gasteiger partial charge in [-0.2, -0.15) is 0 Å². The Kier molecular flexibility index (Phi) is 6.83. The molecule has 2 aromatic rings. The van der Waals surface area contributed by atoms with Crippen molar-refractivity contribution >= 4 is 11.9 Å². The predicted molar refractivity (Wildman–Crippen MR) is 93.0 cm³/mol. The number of para-hydroxylation sites is 1. The van der Waals surface area contributed by atoms with E-state index < -0.39 is 5.97 Å². The molecule has 0 atom stereocenters. The molecule has 0 bridgehead atoms. The number of benzene rings is 2. The van der Waals surface area contributed by atoms with Crippen LogP contribution >= 0.6 is 0 Å². The summed E-state index contributed by atoms with van der Waals surface area (Å²) in [5.41, 5.74) is 1.43. The van der Waals surface area contributed by atoms with Crippen LogP contribution in [0.25, 0.3) is 0 Å². The highest BCUT2D eigenvalue weighted by atomic mass is 16.6. The zero-order valence-corrected chi connectivity index (χ0v) is 14.3. The van der Waals surface area contributed by atoms with E-state index in [-0.39, 0.29) is 25.7 Å². The summed E-state index contributed by atoms with van der Waals surface area (Å²) >= 11 is 0. The maximum absolute atomic E-state index is 12.0. The Morgan fingerprint density at radius 1 is 1.04 bits per heavy atom. The van der Waals surface area contributed by atoms with Gasteiger partial charge in [-0.15, -0.1) is 0 Å². The van der Waals surface area contributed by atoms with Gasteiger partial charge in [0.25, 0.3) is 5.91 Å². The molecule has 25 heavy (non-hydrogen) atoms. The van der Waals surface area contributed by atoms with Crippen LogP contribution in [0.1, 0.15) is 15.9 Å². The lowest BCUT2D eigenvalue weighted by atomic mass is 10.2. The van der Waals surface area contributed by atoms with E-state index in [1.54, 1.807) is 24.3 Å². The molecule has 0 fully saturated rings. The van der Waals surface area contributed by atoms with Gasteiger partial charge in [0.2, 0.25) is 0 Å². The third-order valence-electron chi connectivity index (χ3n) is 3.42. The molecular formula is C19H21NO5. The first-order valence-electron chi connectivity index (χ1n) is 7.86. The van der Waals surface area contributed by atoms with Crippen molar-refractivity contribution in [2.45, 2.75) is 6.92 Å². The molecule has 0 saturated heterocycles. The third kappa shape index (κ3) is 5.84. The minimum atomic E-state index is -0.523. The molecule has 1 amide bonds. The molecule has 0 aliphatic carbocycles. The van der Waals surface area contributed by atoms with Crippen LogP contribution in [-0.2, 0) is 9.53 Å². The number of carbonyl (C=O) groups is 2. The molecule has 6 nitrogen and oxygen atoms in total. The molecule has 0 aromatic heterocycles. The summed E-state index contributed by atoms with van der Waals surface area (Å²) in [5, 5.41) is 2.51. The van der Waals surface area contributed by atoms with Crippen molar-refractivity contribution in [1.82, 2.24) is 5.32 Å². The second kappa shape index (κ2) is 9.32. The summed E-state index contributed by atoms with van der Waals surface area (Å²) in [6, 6.07) is 14.3. The second-order valence-corrected chi connectivity index (χ2v) is 5.25. The number of aryl methyl sites for hydroxylation is 1. The Balaban J connectivity index is 1.68. The van der Waals surface area contributed by atoms with Crippen LogP contribution in [0.5, 0.6) is 11.5 Å².